The number of aromatic hydroxyl groups is 2. The van der Waals surface area contributed by atoms with Crippen LogP contribution in [-0.2, 0) is 60.7 Å². The summed E-state index contributed by atoms with van der Waals surface area (Å²) in [6, 6.07) is 13.2. The van der Waals surface area contributed by atoms with Gasteiger partial charge in [0.2, 0.25) is 11.0 Å². The summed E-state index contributed by atoms with van der Waals surface area (Å²) in [6.45, 7) is 1.27. The van der Waals surface area contributed by atoms with Gasteiger partial charge in [0.15, 0.2) is 11.4 Å². The van der Waals surface area contributed by atoms with Gasteiger partial charge in [-0.15, -0.1) is 30.7 Å². The molecule has 404 valence electrons. The third kappa shape index (κ3) is 12.1. The summed E-state index contributed by atoms with van der Waals surface area (Å²) in [4.78, 5) is -0.889. The third-order valence-electron chi connectivity index (χ3n) is 10.6. The molecular weight excluding hydrogens is 1170 g/mol. The van der Waals surface area contributed by atoms with Crippen LogP contribution in [0.1, 0.15) is 12.0 Å². The SMILES string of the molecule is Cc1cc(N=Nc2ccc3c(S(=O)(=O)O)c(N=Nc4cnn(-c5cc(S(=O)(=O)O)c6cc(S(=O)(=O)O)cc(S(=O)(=O)O)c6c5)c4O)ccc3c2O)c(OCCCS(=O)(=O)O)cc1N=Nc1nc2c(S(=O)(=O)O)cccc2s1. The van der Waals surface area contributed by atoms with Crippen molar-refractivity contribution in [2.45, 2.75) is 37.8 Å². The molecule has 77 heavy (non-hydrogen) atoms. The molecule has 0 unspecified atom stereocenters. The van der Waals surface area contributed by atoms with Crippen molar-refractivity contribution in [1.29, 1.82) is 0 Å². The molecule has 0 saturated heterocycles. The first-order chi connectivity index (χ1) is 35.7. The van der Waals surface area contributed by atoms with E-state index in [0.29, 0.717) is 27.1 Å². The van der Waals surface area contributed by atoms with E-state index in [2.05, 4.69) is 40.8 Å². The summed E-state index contributed by atoms with van der Waals surface area (Å²) in [5.74, 6) is -2.46. The standard InChI is InChI=1S/C40H31N9O21S7/c1-19-12-29(31(70-10-3-11-72(52,53)54)17-28(19)45-48-40-42-36-32(71-40)4-2-5-33(36)74(58,59)60)46-43-26-8-7-23-22(37(26)50)6-9-27(38(23)77(67,68)69)44-47-30-18-41-49(39(30)51)20-13-24-25(34(14-20)75(61,62)63)15-21(73(55,56)57)16-35(24)76(64,65)66/h2,4-9,12-18,50-51H,3,10-11H2,1H3,(H,52,53,54)(H,55,56,57)(H,58,59,60)(H,61,62,63)(H,64,65,66)(H,67,68,69). The monoisotopic (exact) mass is 1200 g/mol. The fraction of sp³-hybridized carbons (Fsp3) is 0.100. The number of aryl methyl sites for hydroxylation is 1. The third-order valence-corrected chi connectivity index (χ3v) is 16.8. The Bertz CT molecular complexity index is 4620. The van der Waals surface area contributed by atoms with Crippen LogP contribution >= 0.6 is 11.3 Å². The molecule has 2 heterocycles. The van der Waals surface area contributed by atoms with Crippen molar-refractivity contribution in [2.24, 2.45) is 30.7 Å². The maximum absolute atomic E-state index is 12.9. The molecule has 0 aliphatic heterocycles. The highest BCUT2D eigenvalue weighted by Gasteiger charge is 2.28. The van der Waals surface area contributed by atoms with Gasteiger partial charge in [0.25, 0.3) is 60.7 Å². The molecule has 0 fully saturated rings. The van der Waals surface area contributed by atoms with Crippen molar-refractivity contribution in [1.82, 2.24) is 14.8 Å². The van der Waals surface area contributed by atoms with Crippen molar-refractivity contribution in [3.8, 4) is 23.1 Å². The van der Waals surface area contributed by atoms with Crippen LogP contribution in [0, 0.1) is 6.92 Å². The Kier molecular flexibility index (Phi) is 14.6. The quantitative estimate of drug-likeness (QED) is 0.0246. The molecule has 0 amide bonds. The van der Waals surface area contributed by atoms with Crippen LogP contribution in [0.4, 0.5) is 33.6 Å². The number of azo groups is 3. The van der Waals surface area contributed by atoms with E-state index in [-0.39, 0.29) is 63.3 Å². The van der Waals surface area contributed by atoms with Gasteiger partial charge in [-0.1, -0.05) is 23.5 Å². The highest BCUT2D eigenvalue weighted by atomic mass is 32.2. The highest BCUT2D eigenvalue weighted by Crippen LogP contribution is 2.44. The Labute approximate surface area is 436 Å². The average Bonchev–Trinajstić information content (AvgIpc) is 3.95. The van der Waals surface area contributed by atoms with Crippen LogP contribution < -0.4 is 4.74 Å². The van der Waals surface area contributed by atoms with Gasteiger partial charge in [-0.05, 0) is 79.6 Å². The second kappa shape index (κ2) is 20.2. The van der Waals surface area contributed by atoms with Crippen molar-refractivity contribution >= 4 is 137 Å². The molecule has 6 aromatic carbocycles. The van der Waals surface area contributed by atoms with E-state index in [0.717, 1.165) is 53.9 Å². The lowest BCUT2D eigenvalue weighted by Crippen LogP contribution is -2.08. The second-order valence-electron chi connectivity index (χ2n) is 15.8. The number of phenols is 1. The number of ether oxygens (including phenoxy) is 1. The summed E-state index contributed by atoms with van der Waals surface area (Å²) in [7, 11) is -30.3. The fourth-order valence-corrected chi connectivity index (χ4v) is 12.2. The lowest BCUT2D eigenvalue weighted by atomic mass is 10.1. The van der Waals surface area contributed by atoms with Crippen LogP contribution in [0.2, 0.25) is 0 Å². The normalized spacial score (nSPS) is 13.3. The van der Waals surface area contributed by atoms with Gasteiger partial charge in [0.05, 0.1) is 39.5 Å². The van der Waals surface area contributed by atoms with E-state index < -0.39 is 130 Å². The van der Waals surface area contributed by atoms with Crippen LogP contribution in [0.3, 0.4) is 0 Å². The van der Waals surface area contributed by atoms with Gasteiger partial charge in [-0.3, -0.25) is 27.3 Å². The van der Waals surface area contributed by atoms with Gasteiger partial charge >= 0.3 is 0 Å². The minimum atomic E-state index is -5.42. The maximum atomic E-state index is 12.9. The number of para-hydroxylation sites is 1. The van der Waals surface area contributed by atoms with Crippen LogP contribution in [-0.4, -0.2) is 115 Å². The number of rotatable bonds is 17. The van der Waals surface area contributed by atoms with E-state index in [1.807, 2.05) is 0 Å². The van der Waals surface area contributed by atoms with E-state index in [4.69, 9.17) is 4.74 Å². The maximum Gasteiger partial charge on any atom is 0.297 e. The molecule has 0 radical (unpaired) electrons. The zero-order chi connectivity index (χ0) is 56.4. The number of aromatic nitrogens is 3. The highest BCUT2D eigenvalue weighted by molar-refractivity contribution is 7.87. The zero-order valence-electron chi connectivity index (χ0n) is 38.0. The molecule has 0 atom stereocenters. The number of hydrogen-bond acceptors (Lipinski definition) is 24. The second-order valence-corrected chi connectivity index (χ2v) is 25.4. The minimum Gasteiger partial charge on any atom is -0.505 e. The fourth-order valence-electron chi connectivity index (χ4n) is 7.28. The number of phenolic OH excluding ortho intramolecular Hbond substituents is 1. The summed E-state index contributed by atoms with van der Waals surface area (Å²) in [5, 5.41) is 48.2. The van der Waals surface area contributed by atoms with E-state index >= 15 is 0 Å². The summed E-state index contributed by atoms with van der Waals surface area (Å²) in [5.41, 5.74) is -1.65. The molecule has 0 bridgehead atoms. The molecule has 2 aromatic heterocycles. The molecule has 0 aliphatic rings. The van der Waals surface area contributed by atoms with Crippen LogP contribution in [0.5, 0.6) is 17.4 Å². The Morgan fingerprint density at radius 3 is 1.82 bits per heavy atom. The van der Waals surface area contributed by atoms with Crippen molar-refractivity contribution in [3.05, 3.63) is 90.6 Å². The average molecular weight is 1200 g/mol. The van der Waals surface area contributed by atoms with Gasteiger partial charge in [0, 0.05) is 27.6 Å². The lowest BCUT2D eigenvalue weighted by Gasteiger charge is -2.13. The zero-order valence-corrected chi connectivity index (χ0v) is 43.7. The molecule has 8 N–H and O–H groups in total. The van der Waals surface area contributed by atoms with Gasteiger partial charge in [-0.2, -0.15) is 60.3 Å². The molecule has 0 aliphatic carbocycles. The van der Waals surface area contributed by atoms with Crippen molar-refractivity contribution < 1.29 is 92.8 Å². The van der Waals surface area contributed by atoms with Crippen LogP contribution in [0.25, 0.3) is 37.4 Å². The van der Waals surface area contributed by atoms with E-state index in [1.165, 1.54) is 18.2 Å². The lowest BCUT2D eigenvalue weighted by molar-refractivity contribution is 0.317. The predicted octanol–water partition coefficient (Wildman–Crippen LogP) is 7.64. The van der Waals surface area contributed by atoms with Gasteiger partial charge in [0.1, 0.15) is 47.9 Å². The topological polar surface area (TPSA) is 481 Å². The smallest absolute Gasteiger partial charge is 0.297 e. The number of thiazole rings is 1. The molecule has 8 aromatic rings. The molecule has 30 nitrogen and oxygen atoms in total. The summed E-state index contributed by atoms with van der Waals surface area (Å²) < 4.78 is 211. The first-order valence-corrected chi connectivity index (χ1v) is 30.2. The minimum absolute atomic E-state index is 0.00626. The largest absolute Gasteiger partial charge is 0.505 e. The molecule has 0 spiro atoms. The van der Waals surface area contributed by atoms with Crippen LogP contribution in [0.15, 0.2) is 140 Å². The Balaban J connectivity index is 1.13. The predicted molar refractivity (Wildman–Crippen MR) is 267 cm³/mol. The van der Waals surface area contributed by atoms with Crippen molar-refractivity contribution in [3.63, 3.8) is 0 Å². The number of fused-ring (bicyclic) bond motifs is 3. The first-order valence-electron chi connectivity index (χ1n) is 20.6. The van der Waals surface area contributed by atoms with E-state index in [1.54, 1.807) is 13.0 Å². The first kappa shape index (κ1) is 55.8. The summed E-state index contributed by atoms with van der Waals surface area (Å²) in [6.07, 6.45) is 0.584. The number of benzene rings is 6. The van der Waals surface area contributed by atoms with Gasteiger partial charge < -0.3 is 14.9 Å². The van der Waals surface area contributed by atoms with E-state index in [9.17, 15) is 88.0 Å². The van der Waals surface area contributed by atoms with Crippen molar-refractivity contribution in [2.75, 3.05) is 12.4 Å². The number of nitrogens with zero attached hydrogens (tertiary/aromatic N) is 9. The number of hydrogen-bond donors (Lipinski definition) is 8. The molecular formula is C40H31N9O21S7. The Morgan fingerprint density at radius 1 is 0.571 bits per heavy atom. The molecule has 0 saturated carbocycles. The molecule has 8 rings (SSSR count). The van der Waals surface area contributed by atoms with Gasteiger partial charge in [-0.25, -0.2) is 4.98 Å². The Morgan fingerprint density at radius 2 is 1.17 bits per heavy atom. The Hall–Kier alpha value is -7.40. The molecule has 37 heteroatoms. The summed E-state index contributed by atoms with van der Waals surface area (Å²) >= 11 is 0.953.